The fourth-order valence-electron chi connectivity index (χ4n) is 1.22. The smallest absolute Gasteiger partial charge is 0.158 e. The lowest BCUT2D eigenvalue weighted by atomic mass is 9.95. The van der Waals surface area contributed by atoms with Crippen LogP contribution in [0.1, 0.15) is 10.4 Å². The number of carbonyl (C=O) groups is 1. The van der Waals surface area contributed by atoms with Gasteiger partial charge in [-0.25, -0.2) is 0 Å². The van der Waals surface area contributed by atoms with Gasteiger partial charge in [-0.3, -0.25) is 4.79 Å². The summed E-state index contributed by atoms with van der Waals surface area (Å²) >= 11 is 0. The minimum absolute atomic E-state index is 0.0736. The molecular formula is C10H13BO3. The molecule has 1 rings (SSSR count). The highest BCUT2D eigenvalue weighted by molar-refractivity contribution is 6.24. The molecule has 0 N–H and O–H groups in total. The number of hydrogen-bond acceptors (Lipinski definition) is 3. The van der Waals surface area contributed by atoms with E-state index in [0.717, 1.165) is 0 Å². The van der Waals surface area contributed by atoms with Crippen LogP contribution in [-0.2, 0) is 0 Å². The molecule has 0 fully saturated rings. The van der Waals surface area contributed by atoms with Gasteiger partial charge in [-0.15, -0.1) is 0 Å². The van der Waals surface area contributed by atoms with E-state index in [-0.39, 0.29) is 5.78 Å². The summed E-state index contributed by atoms with van der Waals surface area (Å²) in [6.07, 6.45) is 0.475. The Morgan fingerprint density at radius 2 is 2.07 bits per heavy atom. The van der Waals surface area contributed by atoms with Crippen molar-refractivity contribution in [3.63, 3.8) is 0 Å². The van der Waals surface area contributed by atoms with E-state index in [1.54, 1.807) is 32.4 Å². The Bertz CT molecular complexity index is 336. The molecule has 0 bridgehead atoms. The number of ether oxygens (including phenoxy) is 2. The first kappa shape index (κ1) is 10.6. The minimum Gasteiger partial charge on any atom is -0.497 e. The standard InChI is InChI=1S/C10H13BO3/c1-13-7-3-4-8(9(12)6-11)10(5-7)14-2/h3-5H,6,11H2,1-2H3. The van der Waals surface area contributed by atoms with Gasteiger partial charge in [-0.2, -0.15) is 0 Å². The van der Waals surface area contributed by atoms with E-state index in [2.05, 4.69) is 0 Å². The van der Waals surface area contributed by atoms with Crippen LogP contribution in [0.25, 0.3) is 0 Å². The molecule has 1 aromatic rings. The van der Waals surface area contributed by atoms with Crippen molar-refractivity contribution in [2.75, 3.05) is 14.2 Å². The zero-order valence-electron chi connectivity index (χ0n) is 8.66. The maximum absolute atomic E-state index is 11.5. The van der Waals surface area contributed by atoms with Crippen molar-refractivity contribution < 1.29 is 14.3 Å². The molecule has 0 spiro atoms. The van der Waals surface area contributed by atoms with E-state index < -0.39 is 0 Å². The molecule has 0 aliphatic rings. The van der Waals surface area contributed by atoms with Gasteiger partial charge in [0.2, 0.25) is 0 Å². The SMILES string of the molecule is BCC(=O)c1ccc(OC)cc1OC. The zero-order valence-corrected chi connectivity index (χ0v) is 8.66. The Hall–Kier alpha value is -1.45. The lowest BCUT2D eigenvalue weighted by Gasteiger charge is -2.08. The fraction of sp³-hybridized carbons (Fsp3) is 0.300. The van der Waals surface area contributed by atoms with Gasteiger partial charge in [0.1, 0.15) is 19.3 Å². The summed E-state index contributed by atoms with van der Waals surface area (Å²) in [4.78, 5) is 11.5. The van der Waals surface area contributed by atoms with Gasteiger partial charge >= 0.3 is 0 Å². The summed E-state index contributed by atoms with van der Waals surface area (Å²) in [5, 5.41) is 0. The third kappa shape index (κ3) is 2.07. The average Bonchev–Trinajstić information content (AvgIpc) is 2.27. The van der Waals surface area contributed by atoms with Crippen molar-refractivity contribution in [3.8, 4) is 11.5 Å². The van der Waals surface area contributed by atoms with Crippen LogP contribution in [0, 0.1) is 0 Å². The van der Waals surface area contributed by atoms with Gasteiger partial charge in [0.05, 0.1) is 19.8 Å². The third-order valence-corrected chi connectivity index (χ3v) is 2.03. The second-order valence-electron chi connectivity index (χ2n) is 2.84. The van der Waals surface area contributed by atoms with E-state index in [0.29, 0.717) is 23.4 Å². The molecule has 0 amide bonds. The summed E-state index contributed by atoms with van der Waals surface area (Å²) in [7, 11) is 4.95. The molecule has 0 atom stereocenters. The van der Waals surface area contributed by atoms with Gasteiger partial charge in [0.15, 0.2) is 5.78 Å². The largest absolute Gasteiger partial charge is 0.497 e. The summed E-state index contributed by atoms with van der Waals surface area (Å²) in [6, 6.07) is 5.19. The topological polar surface area (TPSA) is 35.5 Å². The summed E-state index contributed by atoms with van der Waals surface area (Å²) < 4.78 is 10.1. The van der Waals surface area contributed by atoms with Gasteiger partial charge < -0.3 is 9.47 Å². The number of methoxy groups -OCH3 is 2. The molecule has 0 saturated heterocycles. The first-order valence-electron chi connectivity index (χ1n) is 4.48. The molecule has 0 radical (unpaired) electrons. The van der Waals surface area contributed by atoms with Crippen LogP contribution in [0.3, 0.4) is 0 Å². The van der Waals surface area contributed by atoms with E-state index in [4.69, 9.17) is 9.47 Å². The number of Topliss-reactive ketones (excluding diaryl/α,β-unsaturated/α-hetero) is 1. The Kier molecular flexibility index (Phi) is 3.57. The molecule has 4 heteroatoms. The van der Waals surface area contributed by atoms with E-state index in [1.807, 2.05) is 7.85 Å². The van der Waals surface area contributed by atoms with Gasteiger partial charge in [0, 0.05) is 6.07 Å². The number of carbonyl (C=O) groups excluding carboxylic acids is 1. The lowest BCUT2D eigenvalue weighted by Crippen LogP contribution is -2.01. The van der Waals surface area contributed by atoms with Crippen molar-refractivity contribution >= 4 is 13.6 Å². The van der Waals surface area contributed by atoms with Crippen molar-refractivity contribution in [2.24, 2.45) is 0 Å². The molecule has 0 aromatic heterocycles. The van der Waals surface area contributed by atoms with Crippen LogP contribution in [0.15, 0.2) is 18.2 Å². The monoisotopic (exact) mass is 192 g/mol. The molecule has 0 saturated carbocycles. The maximum Gasteiger partial charge on any atom is 0.158 e. The van der Waals surface area contributed by atoms with Gasteiger partial charge in [-0.1, -0.05) is 0 Å². The zero-order chi connectivity index (χ0) is 10.6. The Labute approximate surface area is 84.4 Å². The molecule has 74 valence electrons. The van der Waals surface area contributed by atoms with Crippen LogP contribution < -0.4 is 9.47 Å². The highest BCUT2D eigenvalue weighted by Gasteiger charge is 2.10. The second-order valence-corrected chi connectivity index (χ2v) is 2.84. The van der Waals surface area contributed by atoms with E-state index in [9.17, 15) is 4.79 Å². The lowest BCUT2D eigenvalue weighted by molar-refractivity contribution is 0.101. The first-order valence-corrected chi connectivity index (χ1v) is 4.48. The van der Waals surface area contributed by atoms with Crippen molar-refractivity contribution in [1.82, 2.24) is 0 Å². The normalized spacial score (nSPS) is 9.57. The highest BCUT2D eigenvalue weighted by atomic mass is 16.5. The van der Waals surface area contributed by atoms with Crippen molar-refractivity contribution in [2.45, 2.75) is 6.32 Å². The van der Waals surface area contributed by atoms with Crippen LogP contribution in [-0.4, -0.2) is 27.8 Å². The van der Waals surface area contributed by atoms with Gasteiger partial charge in [-0.05, 0) is 18.5 Å². The Morgan fingerprint density at radius 1 is 1.36 bits per heavy atom. The molecule has 0 aliphatic heterocycles. The van der Waals surface area contributed by atoms with E-state index in [1.165, 1.54) is 0 Å². The first-order chi connectivity index (χ1) is 6.72. The third-order valence-electron chi connectivity index (χ3n) is 2.03. The summed E-state index contributed by atoms with van der Waals surface area (Å²) in [5.41, 5.74) is 0.607. The molecule has 0 aliphatic carbocycles. The molecule has 3 nitrogen and oxygen atoms in total. The van der Waals surface area contributed by atoms with Crippen LogP contribution >= 0.6 is 0 Å². The number of rotatable bonds is 4. The number of benzene rings is 1. The highest BCUT2D eigenvalue weighted by Crippen LogP contribution is 2.25. The maximum atomic E-state index is 11.5. The van der Waals surface area contributed by atoms with Crippen LogP contribution in [0.2, 0.25) is 6.32 Å². The van der Waals surface area contributed by atoms with Crippen molar-refractivity contribution in [1.29, 1.82) is 0 Å². The summed E-state index contributed by atoms with van der Waals surface area (Å²) in [5.74, 6) is 1.33. The average molecular weight is 192 g/mol. The van der Waals surface area contributed by atoms with Crippen molar-refractivity contribution in [3.05, 3.63) is 23.8 Å². The Balaban J connectivity index is 3.11. The molecular weight excluding hydrogens is 179 g/mol. The minimum atomic E-state index is 0.0736. The number of hydrogen-bond donors (Lipinski definition) is 0. The summed E-state index contributed by atoms with van der Waals surface area (Å²) in [6.45, 7) is 0. The van der Waals surface area contributed by atoms with Crippen LogP contribution in [0.4, 0.5) is 0 Å². The van der Waals surface area contributed by atoms with Gasteiger partial charge in [0.25, 0.3) is 0 Å². The fourth-order valence-corrected chi connectivity index (χ4v) is 1.22. The molecule has 14 heavy (non-hydrogen) atoms. The van der Waals surface area contributed by atoms with Crippen LogP contribution in [0.5, 0.6) is 11.5 Å². The molecule has 1 aromatic carbocycles. The number of ketones is 1. The molecule has 0 heterocycles. The molecule has 0 unspecified atom stereocenters. The van der Waals surface area contributed by atoms with E-state index >= 15 is 0 Å². The Morgan fingerprint density at radius 3 is 2.57 bits per heavy atom. The predicted molar refractivity (Wildman–Crippen MR) is 57.2 cm³/mol. The predicted octanol–water partition coefficient (Wildman–Crippen LogP) is 0.938. The second kappa shape index (κ2) is 4.70. The quantitative estimate of drug-likeness (QED) is 0.526.